The van der Waals surface area contributed by atoms with Crippen molar-refractivity contribution >= 4 is 34.0 Å². The fourth-order valence-electron chi connectivity index (χ4n) is 2.67. The maximum absolute atomic E-state index is 12.4. The molecule has 3 rings (SSSR count). The smallest absolute Gasteiger partial charge is 0.339 e. The number of carbonyl (C=O) groups is 2. The summed E-state index contributed by atoms with van der Waals surface area (Å²) in [5.41, 5.74) is 0.410. The third kappa shape index (κ3) is 4.21. The van der Waals surface area contributed by atoms with E-state index in [2.05, 4.69) is 5.32 Å². The Morgan fingerprint density at radius 3 is 2.58 bits per heavy atom. The molecule has 1 amide bonds. The van der Waals surface area contributed by atoms with Gasteiger partial charge in [0.2, 0.25) is 0 Å². The van der Waals surface area contributed by atoms with Crippen molar-refractivity contribution in [1.29, 1.82) is 0 Å². The first-order valence-corrected chi connectivity index (χ1v) is 9.09. The molecule has 5 nitrogen and oxygen atoms in total. The van der Waals surface area contributed by atoms with E-state index in [0.29, 0.717) is 17.9 Å². The van der Waals surface area contributed by atoms with Gasteiger partial charge in [-0.2, -0.15) is 0 Å². The number of benzene rings is 2. The minimum absolute atomic E-state index is 0.302. The molecule has 0 atom stereocenters. The Labute approximate surface area is 155 Å². The van der Waals surface area contributed by atoms with Gasteiger partial charge in [-0.1, -0.05) is 30.3 Å². The molecule has 2 aromatic carbocycles. The van der Waals surface area contributed by atoms with E-state index in [4.69, 9.17) is 9.47 Å². The van der Waals surface area contributed by atoms with E-state index in [9.17, 15) is 9.59 Å². The van der Waals surface area contributed by atoms with E-state index < -0.39 is 5.97 Å². The van der Waals surface area contributed by atoms with Gasteiger partial charge in [-0.05, 0) is 35.4 Å². The Kier molecular flexibility index (Phi) is 5.86. The highest BCUT2D eigenvalue weighted by Gasteiger charge is 2.15. The van der Waals surface area contributed by atoms with Gasteiger partial charge in [0.25, 0.3) is 5.91 Å². The second-order valence-electron chi connectivity index (χ2n) is 5.62. The van der Waals surface area contributed by atoms with E-state index >= 15 is 0 Å². The predicted molar refractivity (Wildman–Crippen MR) is 102 cm³/mol. The molecule has 0 radical (unpaired) electrons. The van der Waals surface area contributed by atoms with Crippen LogP contribution >= 0.6 is 11.3 Å². The summed E-state index contributed by atoms with van der Waals surface area (Å²) in [5.74, 6) is -0.159. The summed E-state index contributed by atoms with van der Waals surface area (Å²) in [6.07, 6.45) is 0.764. The Hall–Kier alpha value is -2.86. The van der Waals surface area contributed by atoms with Gasteiger partial charge in [0.1, 0.15) is 5.75 Å². The molecule has 0 unspecified atom stereocenters. The van der Waals surface area contributed by atoms with Crippen LogP contribution in [0.4, 0.5) is 0 Å². The first kappa shape index (κ1) is 17.9. The van der Waals surface area contributed by atoms with Gasteiger partial charge in [-0.3, -0.25) is 4.79 Å². The molecule has 3 aromatic rings. The Bertz CT molecular complexity index is 905. The van der Waals surface area contributed by atoms with Gasteiger partial charge in [0, 0.05) is 16.8 Å². The molecular formula is C20H19NO4S. The fraction of sp³-hybridized carbons (Fsp3) is 0.200. The predicted octanol–water partition coefficient (Wildman–Crippen LogP) is 3.43. The zero-order chi connectivity index (χ0) is 18.4. The van der Waals surface area contributed by atoms with Crippen LogP contribution in [-0.2, 0) is 16.0 Å². The molecule has 0 aliphatic carbocycles. The lowest BCUT2D eigenvalue weighted by Crippen LogP contribution is -2.30. The molecule has 0 bridgehead atoms. The summed E-state index contributed by atoms with van der Waals surface area (Å²) >= 11 is 1.65. The van der Waals surface area contributed by atoms with E-state index in [1.54, 1.807) is 30.6 Å². The molecule has 26 heavy (non-hydrogen) atoms. The second-order valence-corrected chi connectivity index (χ2v) is 6.65. The SMILES string of the molecule is COc1ccc(C(=O)OCC(=O)NCCc2cccs2)c2ccccc12. The largest absolute Gasteiger partial charge is 0.496 e. The van der Waals surface area contributed by atoms with Crippen LogP contribution in [0.2, 0.25) is 0 Å². The van der Waals surface area contributed by atoms with Crippen LogP contribution in [0, 0.1) is 0 Å². The van der Waals surface area contributed by atoms with Crippen LogP contribution < -0.4 is 10.1 Å². The second kappa shape index (κ2) is 8.49. The van der Waals surface area contributed by atoms with Gasteiger partial charge in [-0.25, -0.2) is 4.79 Å². The molecule has 1 N–H and O–H groups in total. The van der Waals surface area contributed by atoms with Crippen molar-refractivity contribution in [2.75, 3.05) is 20.3 Å². The maximum Gasteiger partial charge on any atom is 0.339 e. The monoisotopic (exact) mass is 369 g/mol. The molecule has 6 heteroatoms. The van der Waals surface area contributed by atoms with E-state index in [0.717, 1.165) is 17.2 Å². The highest BCUT2D eigenvalue weighted by atomic mass is 32.1. The normalized spacial score (nSPS) is 10.5. The lowest BCUT2D eigenvalue weighted by atomic mass is 10.0. The number of amides is 1. The lowest BCUT2D eigenvalue weighted by molar-refractivity contribution is -0.124. The number of ether oxygens (including phenoxy) is 2. The van der Waals surface area contributed by atoms with Crippen molar-refractivity contribution in [3.05, 3.63) is 64.4 Å². The first-order valence-electron chi connectivity index (χ1n) is 8.21. The minimum Gasteiger partial charge on any atom is -0.496 e. The number of thiophene rings is 1. The molecular weight excluding hydrogens is 350 g/mol. The van der Waals surface area contributed by atoms with E-state index in [-0.39, 0.29) is 12.5 Å². The van der Waals surface area contributed by atoms with Crippen molar-refractivity contribution in [2.24, 2.45) is 0 Å². The number of hydrogen-bond acceptors (Lipinski definition) is 5. The van der Waals surface area contributed by atoms with Gasteiger partial charge in [-0.15, -0.1) is 11.3 Å². The summed E-state index contributed by atoms with van der Waals surface area (Å²) in [7, 11) is 1.58. The van der Waals surface area contributed by atoms with Gasteiger partial charge < -0.3 is 14.8 Å². The third-order valence-electron chi connectivity index (χ3n) is 3.93. The van der Waals surface area contributed by atoms with Gasteiger partial charge in [0.15, 0.2) is 6.61 Å². The number of fused-ring (bicyclic) bond motifs is 1. The zero-order valence-corrected chi connectivity index (χ0v) is 15.2. The molecule has 0 aliphatic heterocycles. The average Bonchev–Trinajstić information content (AvgIpc) is 3.18. The van der Waals surface area contributed by atoms with Crippen molar-refractivity contribution in [2.45, 2.75) is 6.42 Å². The first-order chi connectivity index (χ1) is 12.7. The zero-order valence-electron chi connectivity index (χ0n) is 14.4. The number of carbonyl (C=O) groups excluding carboxylic acids is 2. The number of hydrogen-bond donors (Lipinski definition) is 1. The molecule has 1 heterocycles. The molecule has 1 aromatic heterocycles. The topological polar surface area (TPSA) is 64.6 Å². The molecule has 0 aliphatic rings. The van der Waals surface area contributed by atoms with E-state index in [1.807, 2.05) is 41.8 Å². The summed E-state index contributed by atoms with van der Waals surface area (Å²) in [6.45, 7) is 0.214. The van der Waals surface area contributed by atoms with Crippen molar-refractivity contribution in [3.8, 4) is 5.75 Å². The number of nitrogens with one attached hydrogen (secondary N) is 1. The summed E-state index contributed by atoms with van der Waals surface area (Å²) < 4.78 is 10.5. The molecule has 0 saturated carbocycles. The number of methoxy groups -OCH3 is 1. The standard InChI is InChI=1S/C20H19NO4S/c1-24-18-9-8-17(15-6-2-3-7-16(15)18)20(23)25-13-19(22)21-11-10-14-5-4-12-26-14/h2-9,12H,10-11,13H2,1H3,(H,21,22). The van der Waals surface area contributed by atoms with Crippen LogP contribution in [0.1, 0.15) is 15.2 Å². The van der Waals surface area contributed by atoms with E-state index in [1.165, 1.54) is 4.88 Å². The average molecular weight is 369 g/mol. The Morgan fingerprint density at radius 2 is 1.85 bits per heavy atom. The summed E-state index contributed by atoms with van der Waals surface area (Å²) in [4.78, 5) is 25.4. The summed E-state index contributed by atoms with van der Waals surface area (Å²) in [6, 6.07) is 14.8. The van der Waals surface area contributed by atoms with Crippen molar-refractivity contribution in [1.82, 2.24) is 5.32 Å². The Morgan fingerprint density at radius 1 is 1.04 bits per heavy atom. The van der Waals surface area contributed by atoms with Gasteiger partial charge >= 0.3 is 5.97 Å². The minimum atomic E-state index is -0.530. The Balaban J connectivity index is 1.58. The van der Waals surface area contributed by atoms with Crippen LogP contribution in [0.15, 0.2) is 53.9 Å². The highest BCUT2D eigenvalue weighted by Crippen LogP contribution is 2.28. The van der Waals surface area contributed by atoms with Crippen LogP contribution in [0.25, 0.3) is 10.8 Å². The van der Waals surface area contributed by atoms with Crippen LogP contribution in [0.5, 0.6) is 5.75 Å². The van der Waals surface area contributed by atoms with Crippen LogP contribution in [-0.4, -0.2) is 32.1 Å². The number of rotatable bonds is 7. The van der Waals surface area contributed by atoms with Crippen molar-refractivity contribution in [3.63, 3.8) is 0 Å². The van der Waals surface area contributed by atoms with Gasteiger partial charge in [0.05, 0.1) is 12.7 Å². The van der Waals surface area contributed by atoms with Crippen molar-refractivity contribution < 1.29 is 19.1 Å². The quantitative estimate of drug-likeness (QED) is 0.648. The fourth-order valence-corrected chi connectivity index (χ4v) is 3.38. The maximum atomic E-state index is 12.4. The van der Waals surface area contributed by atoms with Crippen LogP contribution in [0.3, 0.4) is 0 Å². The molecule has 0 saturated heterocycles. The molecule has 0 spiro atoms. The lowest BCUT2D eigenvalue weighted by Gasteiger charge is -2.10. The molecule has 0 fully saturated rings. The molecule has 134 valence electrons. The number of esters is 1. The third-order valence-corrected chi connectivity index (χ3v) is 4.87. The summed E-state index contributed by atoms with van der Waals surface area (Å²) in [5, 5.41) is 6.31. The highest BCUT2D eigenvalue weighted by molar-refractivity contribution is 7.09.